The molecule has 0 spiro atoms. The number of benzene rings is 2. The van der Waals surface area contributed by atoms with E-state index >= 15 is 0 Å². The highest BCUT2D eigenvalue weighted by atomic mass is 32.1. The van der Waals surface area contributed by atoms with Gasteiger partial charge in [-0.05, 0) is 29.8 Å². The summed E-state index contributed by atoms with van der Waals surface area (Å²) in [6.45, 7) is 2.89. The molecule has 1 fully saturated rings. The van der Waals surface area contributed by atoms with E-state index in [9.17, 15) is 4.79 Å². The van der Waals surface area contributed by atoms with Crippen molar-refractivity contribution < 1.29 is 14.3 Å². The highest BCUT2D eigenvalue weighted by molar-refractivity contribution is 7.22. The van der Waals surface area contributed by atoms with Crippen LogP contribution in [0.5, 0.6) is 0 Å². The van der Waals surface area contributed by atoms with Crippen molar-refractivity contribution in [1.82, 2.24) is 20.2 Å². The quantitative estimate of drug-likeness (QED) is 0.358. The van der Waals surface area contributed by atoms with Crippen LogP contribution in [0.2, 0.25) is 0 Å². The standard InChI is InChI=1S/C26H24N6O3S/c1-34-15-23(33)28-17-5-2-4-16(12-17)22-13-21-24(36-22)26(32-8-10-35-11-9-32)30-25(29-21)18-6-3-7-20-19(18)14-27-31-20/h2-7,12-14H,8-11,15H2,1H3,(H,27,31)(H,28,33). The number of H-pyrrole nitrogens is 1. The van der Waals surface area contributed by atoms with E-state index in [0.29, 0.717) is 19.0 Å². The van der Waals surface area contributed by atoms with Crippen molar-refractivity contribution in [1.29, 1.82) is 0 Å². The number of thiophene rings is 1. The second kappa shape index (κ2) is 9.65. The molecule has 0 unspecified atom stereocenters. The van der Waals surface area contributed by atoms with Gasteiger partial charge in [-0.3, -0.25) is 9.89 Å². The minimum atomic E-state index is -0.190. The maximum Gasteiger partial charge on any atom is 0.250 e. The summed E-state index contributed by atoms with van der Waals surface area (Å²) in [4.78, 5) is 25.4. The van der Waals surface area contributed by atoms with Gasteiger partial charge in [0.05, 0.1) is 35.1 Å². The number of ether oxygens (including phenoxy) is 2. The number of aromatic nitrogens is 4. The van der Waals surface area contributed by atoms with Crippen LogP contribution in [0.4, 0.5) is 11.5 Å². The molecule has 182 valence electrons. The number of anilines is 2. The Labute approximate surface area is 211 Å². The first-order valence-electron chi connectivity index (χ1n) is 11.7. The van der Waals surface area contributed by atoms with E-state index in [1.54, 1.807) is 11.3 Å². The van der Waals surface area contributed by atoms with Crippen LogP contribution in [0, 0.1) is 0 Å². The lowest BCUT2D eigenvalue weighted by Gasteiger charge is -2.28. The van der Waals surface area contributed by atoms with Gasteiger partial charge in [0.1, 0.15) is 6.61 Å². The van der Waals surface area contributed by atoms with Crippen molar-refractivity contribution in [3.8, 4) is 21.8 Å². The van der Waals surface area contributed by atoms with Crippen LogP contribution in [0.3, 0.4) is 0 Å². The molecule has 36 heavy (non-hydrogen) atoms. The highest BCUT2D eigenvalue weighted by Crippen LogP contribution is 2.40. The van der Waals surface area contributed by atoms with Gasteiger partial charge in [-0.1, -0.05) is 24.3 Å². The smallest absolute Gasteiger partial charge is 0.250 e. The van der Waals surface area contributed by atoms with Gasteiger partial charge in [-0.25, -0.2) is 9.97 Å². The second-order valence-electron chi connectivity index (χ2n) is 8.49. The molecule has 3 aromatic heterocycles. The Kier molecular flexibility index (Phi) is 6.06. The summed E-state index contributed by atoms with van der Waals surface area (Å²) in [6.07, 6.45) is 1.81. The van der Waals surface area contributed by atoms with Gasteiger partial charge in [0.15, 0.2) is 11.6 Å². The summed E-state index contributed by atoms with van der Waals surface area (Å²) >= 11 is 1.65. The summed E-state index contributed by atoms with van der Waals surface area (Å²) in [5.41, 5.74) is 4.49. The first-order chi connectivity index (χ1) is 17.7. The molecule has 10 heteroatoms. The summed E-state index contributed by atoms with van der Waals surface area (Å²) in [5, 5.41) is 11.1. The van der Waals surface area contributed by atoms with E-state index in [2.05, 4.69) is 26.5 Å². The molecular weight excluding hydrogens is 476 g/mol. The van der Waals surface area contributed by atoms with Crippen LogP contribution in [-0.4, -0.2) is 66.1 Å². The third kappa shape index (κ3) is 4.30. The molecular formula is C26H24N6O3S. The van der Waals surface area contributed by atoms with Crippen LogP contribution in [0.1, 0.15) is 0 Å². The highest BCUT2D eigenvalue weighted by Gasteiger charge is 2.21. The van der Waals surface area contributed by atoms with Crippen molar-refractivity contribution in [2.75, 3.05) is 50.2 Å². The molecule has 2 aromatic carbocycles. The molecule has 9 nitrogen and oxygen atoms in total. The molecule has 2 N–H and O–H groups in total. The van der Waals surface area contributed by atoms with Crippen molar-refractivity contribution in [2.45, 2.75) is 0 Å². The SMILES string of the molecule is COCC(=O)Nc1cccc(-c2cc3nc(-c4cccc5[nH]ncc45)nc(N4CCOCC4)c3s2)c1. The number of amides is 1. The second-order valence-corrected chi connectivity index (χ2v) is 9.55. The minimum Gasteiger partial charge on any atom is -0.378 e. The van der Waals surface area contributed by atoms with Crippen LogP contribution in [0.15, 0.2) is 54.7 Å². The fraction of sp³-hybridized carbons (Fsp3) is 0.231. The zero-order chi connectivity index (χ0) is 24.5. The Balaban J connectivity index is 1.46. The molecule has 1 saturated heterocycles. The van der Waals surface area contributed by atoms with Gasteiger partial charge in [0.25, 0.3) is 0 Å². The first-order valence-corrected chi connectivity index (χ1v) is 12.5. The largest absolute Gasteiger partial charge is 0.378 e. The molecule has 0 atom stereocenters. The number of morpholine rings is 1. The predicted octanol–water partition coefficient (Wildman–Crippen LogP) is 4.32. The van der Waals surface area contributed by atoms with Crippen molar-refractivity contribution in [2.24, 2.45) is 0 Å². The molecule has 1 aliphatic rings. The molecule has 6 rings (SSSR count). The van der Waals surface area contributed by atoms with Gasteiger partial charge < -0.3 is 19.7 Å². The molecule has 1 aliphatic heterocycles. The van der Waals surface area contributed by atoms with Gasteiger partial charge in [-0.15, -0.1) is 11.3 Å². The maximum atomic E-state index is 12.0. The van der Waals surface area contributed by atoms with Crippen LogP contribution in [-0.2, 0) is 14.3 Å². The monoisotopic (exact) mass is 500 g/mol. The number of hydrogen-bond acceptors (Lipinski definition) is 8. The van der Waals surface area contributed by atoms with E-state index in [1.165, 1.54) is 7.11 Å². The lowest BCUT2D eigenvalue weighted by atomic mass is 10.1. The first kappa shape index (κ1) is 22.6. The Morgan fingerprint density at radius 3 is 2.89 bits per heavy atom. The third-order valence-electron chi connectivity index (χ3n) is 6.10. The molecule has 4 heterocycles. The number of carbonyl (C=O) groups excluding carboxylic acids is 1. The van der Waals surface area contributed by atoms with E-state index in [0.717, 1.165) is 61.7 Å². The minimum absolute atomic E-state index is 0.0117. The van der Waals surface area contributed by atoms with E-state index < -0.39 is 0 Å². The summed E-state index contributed by atoms with van der Waals surface area (Å²) in [7, 11) is 1.50. The number of methoxy groups -OCH3 is 1. The van der Waals surface area contributed by atoms with E-state index in [1.807, 2.05) is 48.7 Å². The normalized spacial score (nSPS) is 14.0. The van der Waals surface area contributed by atoms with Crippen LogP contribution in [0.25, 0.3) is 42.9 Å². The van der Waals surface area contributed by atoms with Gasteiger partial charge in [0, 0.05) is 41.7 Å². The Morgan fingerprint density at radius 1 is 1.17 bits per heavy atom. The van der Waals surface area contributed by atoms with Crippen molar-refractivity contribution in [3.63, 3.8) is 0 Å². The molecule has 0 saturated carbocycles. The Hall–Kier alpha value is -3.86. The Morgan fingerprint density at radius 2 is 2.03 bits per heavy atom. The average molecular weight is 501 g/mol. The average Bonchev–Trinajstić information content (AvgIpc) is 3.56. The number of aromatic amines is 1. The molecule has 0 radical (unpaired) electrons. The van der Waals surface area contributed by atoms with E-state index in [-0.39, 0.29) is 12.5 Å². The third-order valence-corrected chi connectivity index (χ3v) is 7.27. The van der Waals surface area contributed by atoms with E-state index in [4.69, 9.17) is 19.4 Å². The molecule has 1 amide bonds. The Bertz CT molecular complexity index is 1560. The number of hydrogen-bond donors (Lipinski definition) is 2. The van der Waals surface area contributed by atoms with Gasteiger partial charge in [-0.2, -0.15) is 5.10 Å². The van der Waals surface area contributed by atoms with Crippen LogP contribution < -0.4 is 10.2 Å². The fourth-order valence-electron chi connectivity index (χ4n) is 4.41. The molecule has 0 bridgehead atoms. The fourth-order valence-corrected chi connectivity index (χ4v) is 5.52. The van der Waals surface area contributed by atoms with Crippen LogP contribution >= 0.6 is 11.3 Å². The maximum absolute atomic E-state index is 12.0. The van der Waals surface area contributed by atoms with Crippen molar-refractivity contribution in [3.05, 3.63) is 54.7 Å². The number of carbonyl (C=O) groups is 1. The number of nitrogens with zero attached hydrogens (tertiary/aromatic N) is 4. The lowest BCUT2D eigenvalue weighted by molar-refractivity contribution is -0.119. The summed E-state index contributed by atoms with van der Waals surface area (Å²) in [5.74, 6) is 1.39. The summed E-state index contributed by atoms with van der Waals surface area (Å²) in [6, 6.07) is 15.9. The topological polar surface area (TPSA) is 105 Å². The molecule has 5 aromatic rings. The van der Waals surface area contributed by atoms with Gasteiger partial charge in [0.2, 0.25) is 5.91 Å². The number of fused-ring (bicyclic) bond motifs is 2. The molecule has 0 aliphatic carbocycles. The number of rotatable bonds is 6. The summed E-state index contributed by atoms with van der Waals surface area (Å²) < 4.78 is 11.6. The van der Waals surface area contributed by atoms with Gasteiger partial charge >= 0.3 is 0 Å². The lowest BCUT2D eigenvalue weighted by Crippen LogP contribution is -2.36. The van der Waals surface area contributed by atoms with Crippen molar-refractivity contribution >= 4 is 49.9 Å². The number of nitrogens with one attached hydrogen (secondary N) is 2. The zero-order valence-electron chi connectivity index (χ0n) is 19.7. The predicted molar refractivity (Wildman–Crippen MR) is 141 cm³/mol. The zero-order valence-corrected chi connectivity index (χ0v) is 20.5.